The minimum Gasteiger partial charge on any atom is -0.307 e. The first-order chi connectivity index (χ1) is 9.22. The number of amides is 1. The Morgan fingerprint density at radius 1 is 1.11 bits per heavy atom. The molecule has 0 N–H and O–H groups in total. The molecule has 0 radical (unpaired) electrons. The summed E-state index contributed by atoms with van der Waals surface area (Å²) in [6.45, 7) is 1.98. The number of rotatable bonds is 3. The van der Waals surface area contributed by atoms with E-state index in [9.17, 15) is 4.79 Å². The van der Waals surface area contributed by atoms with Crippen LogP contribution in [0.4, 0.5) is 5.69 Å². The van der Waals surface area contributed by atoms with Crippen molar-refractivity contribution in [2.24, 2.45) is 0 Å². The molecule has 2 aromatic carbocycles. The maximum absolute atomic E-state index is 11.8. The van der Waals surface area contributed by atoms with Crippen LogP contribution < -0.4 is 4.90 Å². The van der Waals surface area contributed by atoms with Crippen molar-refractivity contribution in [3.63, 3.8) is 0 Å². The quantitative estimate of drug-likeness (QED) is 0.840. The van der Waals surface area contributed by atoms with Gasteiger partial charge in [-0.3, -0.25) is 4.79 Å². The van der Waals surface area contributed by atoms with Crippen molar-refractivity contribution in [2.45, 2.75) is 13.5 Å². The van der Waals surface area contributed by atoms with Gasteiger partial charge in [0, 0.05) is 6.92 Å². The van der Waals surface area contributed by atoms with Gasteiger partial charge in [-0.15, -0.1) is 0 Å². The van der Waals surface area contributed by atoms with Gasteiger partial charge in [-0.2, -0.15) is 5.26 Å². The third-order valence-electron chi connectivity index (χ3n) is 2.88. The summed E-state index contributed by atoms with van der Waals surface area (Å²) in [7, 11) is 0. The van der Waals surface area contributed by atoms with E-state index in [4.69, 9.17) is 5.26 Å². The minimum atomic E-state index is -0.0773. The van der Waals surface area contributed by atoms with Gasteiger partial charge < -0.3 is 4.90 Å². The number of nitrogens with zero attached hydrogens (tertiary/aromatic N) is 2. The lowest BCUT2D eigenvalue weighted by atomic mass is 10.1. The average Bonchev–Trinajstić information content (AvgIpc) is 2.45. The summed E-state index contributed by atoms with van der Waals surface area (Å²) < 4.78 is 0. The van der Waals surface area contributed by atoms with Gasteiger partial charge in [0.15, 0.2) is 0 Å². The van der Waals surface area contributed by atoms with Crippen LogP contribution in [0.25, 0.3) is 0 Å². The second-order valence-electron chi connectivity index (χ2n) is 4.22. The molecule has 2 aromatic rings. The van der Waals surface area contributed by atoms with Crippen LogP contribution in [0, 0.1) is 11.3 Å². The van der Waals surface area contributed by atoms with Gasteiger partial charge >= 0.3 is 0 Å². The standard InChI is InChI=1S/C16H14N2O/c1-13(19)18(12-14-7-3-2-4-8-14)16-10-6-5-9-15(16)11-17/h2-10H,12H2,1H3. The Balaban J connectivity index is 2.36. The fourth-order valence-corrected chi connectivity index (χ4v) is 1.94. The number of anilines is 1. The third kappa shape index (κ3) is 2.99. The largest absolute Gasteiger partial charge is 0.307 e. The molecule has 0 spiro atoms. The molecule has 0 aliphatic carbocycles. The first-order valence-electron chi connectivity index (χ1n) is 6.03. The first-order valence-corrected chi connectivity index (χ1v) is 6.03. The summed E-state index contributed by atoms with van der Waals surface area (Å²) in [5.41, 5.74) is 2.19. The molecule has 0 saturated carbocycles. The smallest absolute Gasteiger partial charge is 0.224 e. The summed E-state index contributed by atoms with van der Waals surface area (Å²) >= 11 is 0. The van der Waals surface area contributed by atoms with Crippen LogP contribution in [0.15, 0.2) is 54.6 Å². The molecule has 3 nitrogen and oxygen atoms in total. The zero-order valence-corrected chi connectivity index (χ0v) is 10.7. The monoisotopic (exact) mass is 250 g/mol. The van der Waals surface area contributed by atoms with Gasteiger partial charge in [0.2, 0.25) is 5.91 Å². The molecule has 0 saturated heterocycles. The summed E-state index contributed by atoms with van der Waals surface area (Å²) in [6.07, 6.45) is 0. The van der Waals surface area contributed by atoms with Crippen LogP contribution >= 0.6 is 0 Å². The number of para-hydroxylation sites is 1. The van der Waals surface area contributed by atoms with E-state index in [1.165, 1.54) is 6.92 Å². The fourth-order valence-electron chi connectivity index (χ4n) is 1.94. The van der Waals surface area contributed by atoms with Gasteiger partial charge in [0.05, 0.1) is 17.8 Å². The van der Waals surface area contributed by atoms with Crippen LogP contribution in [0.3, 0.4) is 0 Å². The van der Waals surface area contributed by atoms with Crippen molar-refractivity contribution in [3.8, 4) is 6.07 Å². The zero-order valence-electron chi connectivity index (χ0n) is 10.7. The number of hydrogen-bond donors (Lipinski definition) is 0. The van der Waals surface area contributed by atoms with Crippen molar-refractivity contribution in [1.29, 1.82) is 5.26 Å². The second kappa shape index (κ2) is 5.83. The van der Waals surface area contributed by atoms with Gasteiger partial charge in [0.1, 0.15) is 6.07 Å². The molecule has 0 fully saturated rings. The molecule has 0 aromatic heterocycles. The fraction of sp³-hybridized carbons (Fsp3) is 0.125. The van der Waals surface area contributed by atoms with Crippen molar-refractivity contribution < 1.29 is 4.79 Å². The molecule has 0 bridgehead atoms. The highest BCUT2D eigenvalue weighted by Gasteiger charge is 2.15. The molecule has 0 atom stereocenters. The number of carbonyl (C=O) groups excluding carboxylic acids is 1. The molecule has 0 heterocycles. The molecular formula is C16H14N2O. The maximum Gasteiger partial charge on any atom is 0.224 e. The van der Waals surface area contributed by atoms with E-state index in [2.05, 4.69) is 6.07 Å². The van der Waals surface area contributed by atoms with Gasteiger partial charge in [0.25, 0.3) is 0 Å². The Morgan fingerprint density at radius 2 is 1.74 bits per heavy atom. The molecule has 0 aliphatic rings. The van der Waals surface area contributed by atoms with Crippen molar-refractivity contribution in [1.82, 2.24) is 0 Å². The number of carbonyl (C=O) groups is 1. The van der Waals surface area contributed by atoms with E-state index in [1.54, 1.807) is 23.1 Å². The third-order valence-corrected chi connectivity index (χ3v) is 2.88. The first kappa shape index (κ1) is 12.8. The lowest BCUT2D eigenvalue weighted by Gasteiger charge is -2.22. The number of nitriles is 1. The molecular weight excluding hydrogens is 236 g/mol. The van der Waals surface area contributed by atoms with Crippen LogP contribution in [0.5, 0.6) is 0 Å². The molecule has 0 unspecified atom stereocenters. The van der Waals surface area contributed by atoms with Crippen molar-refractivity contribution >= 4 is 11.6 Å². The average molecular weight is 250 g/mol. The van der Waals surface area contributed by atoms with Crippen LogP contribution in [-0.2, 0) is 11.3 Å². The Morgan fingerprint density at radius 3 is 2.37 bits per heavy atom. The molecule has 94 valence electrons. The van der Waals surface area contributed by atoms with E-state index in [0.717, 1.165) is 5.56 Å². The summed E-state index contributed by atoms with van der Waals surface area (Å²) in [4.78, 5) is 13.5. The second-order valence-corrected chi connectivity index (χ2v) is 4.22. The molecule has 0 aliphatic heterocycles. The van der Waals surface area contributed by atoms with E-state index in [1.807, 2.05) is 36.4 Å². The van der Waals surface area contributed by atoms with E-state index in [0.29, 0.717) is 17.8 Å². The van der Waals surface area contributed by atoms with E-state index < -0.39 is 0 Å². The van der Waals surface area contributed by atoms with Crippen molar-refractivity contribution in [2.75, 3.05) is 4.90 Å². The highest BCUT2D eigenvalue weighted by molar-refractivity contribution is 5.92. The predicted octanol–water partition coefficient (Wildman–Crippen LogP) is 3.11. The highest BCUT2D eigenvalue weighted by Crippen LogP contribution is 2.21. The van der Waals surface area contributed by atoms with E-state index >= 15 is 0 Å². The SMILES string of the molecule is CC(=O)N(Cc1ccccc1)c1ccccc1C#N. The van der Waals surface area contributed by atoms with Gasteiger partial charge in [-0.05, 0) is 17.7 Å². The molecule has 1 amide bonds. The Kier molecular flexibility index (Phi) is 3.94. The molecule has 3 heteroatoms. The summed E-state index contributed by atoms with van der Waals surface area (Å²) in [5, 5.41) is 9.13. The Hall–Kier alpha value is -2.60. The van der Waals surface area contributed by atoms with Gasteiger partial charge in [-0.25, -0.2) is 0 Å². The topological polar surface area (TPSA) is 44.1 Å². The Labute approximate surface area is 112 Å². The predicted molar refractivity (Wildman–Crippen MR) is 74.5 cm³/mol. The number of benzene rings is 2. The normalized spacial score (nSPS) is 9.68. The highest BCUT2D eigenvalue weighted by atomic mass is 16.2. The molecule has 19 heavy (non-hydrogen) atoms. The Bertz CT molecular complexity index is 614. The number of hydrogen-bond acceptors (Lipinski definition) is 2. The lowest BCUT2D eigenvalue weighted by Crippen LogP contribution is -2.28. The summed E-state index contributed by atoms with van der Waals surface area (Å²) in [6, 6.07) is 19.0. The minimum absolute atomic E-state index is 0.0773. The molecule has 2 rings (SSSR count). The van der Waals surface area contributed by atoms with Gasteiger partial charge in [-0.1, -0.05) is 42.5 Å². The van der Waals surface area contributed by atoms with E-state index in [-0.39, 0.29) is 5.91 Å². The van der Waals surface area contributed by atoms with Crippen LogP contribution in [0.1, 0.15) is 18.1 Å². The summed E-state index contributed by atoms with van der Waals surface area (Å²) in [5.74, 6) is -0.0773. The lowest BCUT2D eigenvalue weighted by molar-refractivity contribution is -0.116. The maximum atomic E-state index is 11.8. The van der Waals surface area contributed by atoms with Crippen LogP contribution in [0.2, 0.25) is 0 Å². The van der Waals surface area contributed by atoms with Crippen LogP contribution in [-0.4, -0.2) is 5.91 Å². The zero-order chi connectivity index (χ0) is 13.7. The van der Waals surface area contributed by atoms with Crippen molar-refractivity contribution in [3.05, 3.63) is 65.7 Å².